The minimum Gasteiger partial charge on any atom is -0.463 e. The van der Waals surface area contributed by atoms with E-state index in [1.165, 1.54) is 20.8 Å². The number of rotatable bonds is 18. The van der Waals surface area contributed by atoms with E-state index in [1.54, 1.807) is 41.5 Å². The quantitative estimate of drug-likeness (QED) is 0.0467. The zero-order chi connectivity index (χ0) is 54.4. The highest BCUT2D eigenvalue weighted by molar-refractivity contribution is 7.86. The van der Waals surface area contributed by atoms with Gasteiger partial charge in [0.05, 0.1) is 43.5 Å². The van der Waals surface area contributed by atoms with E-state index in [0.717, 1.165) is 18.8 Å². The summed E-state index contributed by atoms with van der Waals surface area (Å²) < 4.78 is 148. The van der Waals surface area contributed by atoms with Crippen molar-refractivity contribution < 1.29 is 109 Å². The van der Waals surface area contributed by atoms with E-state index in [9.17, 15) is 39.6 Å². The minimum atomic E-state index is -3.98. The number of azide groups is 3. The van der Waals surface area contributed by atoms with Crippen LogP contribution in [-0.2, 0) is 114 Å². The van der Waals surface area contributed by atoms with Gasteiger partial charge in [0.15, 0.2) is 42.3 Å². The summed E-state index contributed by atoms with van der Waals surface area (Å²) in [7, 11) is -11.7. The lowest BCUT2D eigenvalue weighted by Gasteiger charge is -2.28. The molecule has 0 aromatic heterocycles. The molecule has 0 aromatic rings. The lowest BCUT2D eigenvalue weighted by molar-refractivity contribution is -0.221. The predicted molar refractivity (Wildman–Crippen MR) is 234 cm³/mol. The molecule has 6 aliphatic rings. The Hall–Kier alpha value is -4.29. The molecule has 6 aliphatic heterocycles. The third kappa shape index (κ3) is 17.7. The van der Waals surface area contributed by atoms with Crippen molar-refractivity contribution in [3.8, 4) is 0 Å². The maximum atomic E-state index is 11.5. The number of nitrogens with zero attached hydrogens (tertiary/aromatic N) is 9. The van der Waals surface area contributed by atoms with Crippen molar-refractivity contribution >= 4 is 48.3 Å². The fourth-order valence-electron chi connectivity index (χ4n) is 7.85. The molecule has 0 radical (unpaired) electrons. The Morgan fingerprint density at radius 3 is 1.08 bits per heavy atom. The first kappa shape index (κ1) is 60.3. The van der Waals surface area contributed by atoms with Gasteiger partial charge in [0.2, 0.25) is 0 Å². The molecule has 6 fully saturated rings. The zero-order valence-electron chi connectivity index (χ0n) is 40.8. The van der Waals surface area contributed by atoms with Crippen LogP contribution in [0, 0.1) is 0 Å². The van der Waals surface area contributed by atoms with Crippen molar-refractivity contribution in [3.05, 3.63) is 31.3 Å². The Kier molecular flexibility index (Phi) is 20.0. The first-order chi connectivity index (χ1) is 33.1. The second-order valence-corrected chi connectivity index (χ2v) is 22.6. The van der Waals surface area contributed by atoms with Crippen LogP contribution in [0.25, 0.3) is 31.3 Å². The van der Waals surface area contributed by atoms with Gasteiger partial charge in [0.1, 0.15) is 62.0 Å². The molecule has 0 aliphatic carbocycles. The van der Waals surface area contributed by atoms with Gasteiger partial charge in [0.25, 0.3) is 30.4 Å². The van der Waals surface area contributed by atoms with Crippen molar-refractivity contribution in [2.45, 2.75) is 172 Å². The molecular formula is C36H57N9O24S3. The predicted octanol–water partition coefficient (Wildman–Crippen LogP) is 1.35. The van der Waals surface area contributed by atoms with E-state index in [0.29, 0.717) is 0 Å². The van der Waals surface area contributed by atoms with Crippen molar-refractivity contribution in [2.75, 3.05) is 38.6 Å². The van der Waals surface area contributed by atoms with Crippen LogP contribution in [-0.4, -0.2) is 191 Å². The Balaban J connectivity index is 0.000000235. The molecule has 0 aromatic carbocycles. The average Bonchev–Trinajstić information content (AvgIpc) is 4.02. The second kappa shape index (κ2) is 23.9. The van der Waals surface area contributed by atoms with Crippen LogP contribution in [0.4, 0.5) is 0 Å². The number of fused-ring (bicyclic) bond motifs is 3. The van der Waals surface area contributed by atoms with Crippen LogP contribution >= 0.6 is 0 Å². The Bertz CT molecular complexity index is 2470. The number of hydrogen-bond acceptors (Lipinski definition) is 27. The van der Waals surface area contributed by atoms with Gasteiger partial charge in [0, 0.05) is 35.5 Å². The van der Waals surface area contributed by atoms with E-state index in [-0.39, 0.29) is 6.61 Å². The van der Waals surface area contributed by atoms with Gasteiger partial charge >= 0.3 is 17.9 Å². The number of esters is 3. The fraction of sp³-hybridized carbons (Fsp3) is 0.917. The summed E-state index contributed by atoms with van der Waals surface area (Å²) >= 11 is 0. The Morgan fingerprint density at radius 2 is 0.806 bits per heavy atom. The molecule has 33 nitrogen and oxygen atoms in total. The van der Waals surface area contributed by atoms with E-state index < -0.39 is 171 Å². The van der Waals surface area contributed by atoms with Gasteiger partial charge < -0.3 is 56.8 Å². The van der Waals surface area contributed by atoms with Crippen LogP contribution in [0.15, 0.2) is 15.3 Å². The highest BCUT2D eigenvalue weighted by atomic mass is 32.2. The molecule has 0 bridgehead atoms. The number of hydrogen-bond donors (Lipinski definition) is 0. The molecule has 0 amide bonds. The highest BCUT2D eigenvalue weighted by Crippen LogP contribution is 2.43. The number of carbonyl (C=O) groups is 3. The number of ether oxygens (including phenoxy) is 12. The van der Waals surface area contributed by atoms with Crippen molar-refractivity contribution in [3.63, 3.8) is 0 Å². The van der Waals surface area contributed by atoms with Gasteiger partial charge in [-0.15, -0.1) is 0 Å². The molecule has 408 valence electrons. The molecule has 6 saturated heterocycles. The maximum Gasteiger partial charge on any atom is 0.303 e. The standard InChI is InChI=1S/C13H19N3O7.C12H19N3O8S.C11H19N3O9S2/c1-6(17)19-5-8(20-7(2)18)10-9(15-16-14)11-12(21-10)23-13(3,4)22-11;1-6(16)19-5-7(23-24(4,17)18)9-8(14-15-13)10-11(20-9)22-12(2,3)21-10;1-11(2)21-9-7(13-14-12)8(20-10(9)22-11)6(23-25(4,17)18)5-19-24(3,15)16/h8-12H,5H2,1-4H3;7-11H,5H2,1-4H3;6-10H,5H2,1-4H3/t8-,9-,10+,11+,12+;7-,8+,9-,10-,11-;6-,7+,8-,9-,10-/m011/s1. The molecule has 0 unspecified atom stereocenters. The smallest absolute Gasteiger partial charge is 0.303 e. The molecule has 6 rings (SSSR count). The third-order valence-corrected chi connectivity index (χ3v) is 11.8. The summed E-state index contributed by atoms with van der Waals surface area (Å²) in [6.45, 7) is 12.4. The van der Waals surface area contributed by atoms with Crippen molar-refractivity contribution in [1.29, 1.82) is 0 Å². The SMILES string of the molecule is CC(=O)OC[C@@H](OS(C)(=O)=O)[C@H]1O[C@@H]2OC(C)(C)O[C@@H]2[C@H]1N=[N+]=[N-].CC(=O)OC[C@H](OC(C)=O)[C@H]1O[C@@H]2OC(C)(C)O[C@@H]2[C@H]1N=[N+]=[N-].CC1(C)O[C@H]2O[C@H]([C@@H](COS(C)(=O)=O)OS(C)(=O)=O)[C@H](N=[N+]=[N-])[C@H]2O1. The van der Waals surface area contributed by atoms with Gasteiger partial charge in [-0.3, -0.25) is 26.9 Å². The molecule has 0 spiro atoms. The highest BCUT2D eigenvalue weighted by Gasteiger charge is 2.59. The van der Waals surface area contributed by atoms with Crippen LogP contribution in [0.1, 0.15) is 62.3 Å². The number of carbonyl (C=O) groups excluding carboxylic acids is 3. The van der Waals surface area contributed by atoms with Crippen molar-refractivity contribution in [1.82, 2.24) is 0 Å². The monoisotopic (exact) mass is 1100 g/mol. The van der Waals surface area contributed by atoms with Gasteiger partial charge in [-0.2, -0.15) is 25.3 Å². The molecule has 36 heteroatoms. The van der Waals surface area contributed by atoms with E-state index in [4.69, 9.17) is 81.8 Å². The van der Waals surface area contributed by atoms with Crippen LogP contribution in [0.3, 0.4) is 0 Å². The minimum absolute atomic E-state index is 0.222. The topological polar surface area (TPSA) is 438 Å². The zero-order valence-corrected chi connectivity index (χ0v) is 43.3. The first-order valence-electron chi connectivity index (χ1n) is 21.3. The summed E-state index contributed by atoms with van der Waals surface area (Å²) in [6, 6.07) is -2.71. The normalized spacial score (nSPS) is 32.7. The lowest BCUT2D eigenvalue weighted by atomic mass is 10.0. The van der Waals surface area contributed by atoms with Crippen LogP contribution < -0.4 is 0 Å². The first-order valence-corrected chi connectivity index (χ1v) is 26.7. The maximum absolute atomic E-state index is 11.5. The van der Waals surface area contributed by atoms with E-state index in [2.05, 4.69) is 34.3 Å². The third-order valence-electron chi connectivity index (χ3n) is 10.1. The van der Waals surface area contributed by atoms with E-state index >= 15 is 0 Å². The lowest BCUT2D eigenvalue weighted by Crippen LogP contribution is -2.44. The van der Waals surface area contributed by atoms with E-state index in [1.807, 2.05) is 0 Å². The molecule has 0 N–H and O–H groups in total. The Morgan fingerprint density at radius 1 is 0.500 bits per heavy atom. The van der Waals surface area contributed by atoms with Gasteiger partial charge in [-0.05, 0) is 58.1 Å². The largest absolute Gasteiger partial charge is 0.463 e. The van der Waals surface area contributed by atoms with Crippen LogP contribution in [0.5, 0.6) is 0 Å². The fourth-order valence-corrected chi connectivity index (χ4v) is 9.46. The second-order valence-electron chi connectivity index (χ2n) is 17.7. The van der Waals surface area contributed by atoms with Crippen LogP contribution in [0.2, 0.25) is 0 Å². The molecule has 0 saturated carbocycles. The summed E-state index contributed by atoms with van der Waals surface area (Å²) in [5.41, 5.74) is 26.4. The summed E-state index contributed by atoms with van der Waals surface area (Å²) in [6.07, 6.45) is -8.85. The van der Waals surface area contributed by atoms with Gasteiger partial charge in [-0.25, -0.2) is 0 Å². The molecular weight excluding hydrogens is 1040 g/mol. The molecule has 6 heterocycles. The molecule has 15 atom stereocenters. The molecule has 72 heavy (non-hydrogen) atoms. The average molecular weight is 1100 g/mol. The van der Waals surface area contributed by atoms with Gasteiger partial charge in [-0.1, -0.05) is 15.3 Å². The Labute approximate surface area is 413 Å². The summed E-state index contributed by atoms with van der Waals surface area (Å²) in [5.74, 6) is -4.54. The van der Waals surface area contributed by atoms with Crippen molar-refractivity contribution in [2.24, 2.45) is 15.3 Å². The summed E-state index contributed by atoms with van der Waals surface area (Å²) in [5, 5.41) is 10.9. The summed E-state index contributed by atoms with van der Waals surface area (Å²) in [4.78, 5) is 41.6.